The summed E-state index contributed by atoms with van der Waals surface area (Å²) >= 11 is 0. The molecule has 1 saturated heterocycles. The van der Waals surface area contributed by atoms with Gasteiger partial charge in [0.05, 0.1) is 12.1 Å². The Kier molecular flexibility index (Phi) is 4.89. The molecule has 1 amide bonds. The monoisotopic (exact) mass is 329 g/mol. The van der Waals surface area contributed by atoms with Crippen LogP contribution in [0, 0.1) is 6.92 Å². The van der Waals surface area contributed by atoms with E-state index in [4.69, 9.17) is 4.52 Å². The van der Waals surface area contributed by atoms with Crippen molar-refractivity contribution in [2.75, 3.05) is 26.2 Å². The molecular weight excluding hydrogens is 306 g/mol. The van der Waals surface area contributed by atoms with Crippen LogP contribution in [-0.4, -0.2) is 57.0 Å². The second-order valence-corrected chi connectivity index (χ2v) is 6.46. The predicted octanol–water partition coefficient (Wildman–Crippen LogP) is 1.85. The molecule has 0 N–H and O–H groups in total. The lowest BCUT2D eigenvalue weighted by Gasteiger charge is -2.33. The zero-order valence-corrected chi connectivity index (χ0v) is 14.4. The number of hydrogen-bond acceptors (Lipinski definition) is 6. The first-order valence-corrected chi connectivity index (χ1v) is 8.29. The van der Waals surface area contributed by atoms with E-state index in [9.17, 15) is 4.79 Å². The fraction of sp³-hybridized carbons (Fsp3) is 0.529. The molecule has 7 nitrogen and oxygen atoms in total. The van der Waals surface area contributed by atoms with E-state index >= 15 is 0 Å². The van der Waals surface area contributed by atoms with E-state index in [1.807, 2.05) is 37.8 Å². The van der Waals surface area contributed by atoms with Gasteiger partial charge in [0.2, 0.25) is 5.89 Å². The summed E-state index contributed by atoms with van der Waals surface area (Å²) in [5.41, 5.74) is 1.56. The number of pyridine rings is 1. The molecule has 128 valence electrons. The lowest BCUT2D eigenvalue weighted by Crippen LogP contribution is -2.48. The fourth-order valence-electron chi connectivity index (χ4n) is 2.64. The molecule has 0 bridgehead atoms. The molecule has 1 aliphatic heterocycles. The summed E-state index contributed by atoms with van der Waals surface area (Å²) in [6.45, 7) is 9.60. The molecule has 3 rings (SSSR count). The van der Waals surface area contributed by atoms with Gasteiger partial charge in [-0.1, -0.05) is 19.0 Å². The van der Waals surface area contributed by atoms with Gasteiger partial charge in [-0.3, -0.25) is 14.7 Å². The lowest BCUT2D eigenvalue weighted by molar-refractivity contribution is 0.0614. The second kappa shape index (κ2) is 7.09. The SMILES string of the molecule is Cc1ccc(C(=O)N2CCN(Cc3nc(C(C)C)no3)CC2)cn1. The Labute approximate surface area is 141 Å². The van der Waals surface area contributed by atoms with Gasteiger partial charge >= 0.3 is 0 Å². The lowest BCUT2D eigenvalue weighted by atomic mass is 10.2. The van der Waals surface area contributed by atoms with Crippen LogP contribution in [0.5, 0.6) is 0 Å². The number of piperazine rings is 1. The van der Waals surface area contributed by atoms with Gasteiger partial charge < -0.3 is 9.42 Å². The highest BCUT2D eigenvalue weighted by Crippen LogP contribution is 2.13. The van der Waals surface area contributed by atoms with E-state index in [1.54, 1.807) is 6.20 Å². The van der Waals surface area contributed by atoms with Crippen LogP contribution in [0.1, 0.15) is 47.5 Å². The molecule has 0 radical (unpaired) electrons. The maximum atomic E-state index is 12.5. The highest BCUT2D eigenvalue weighted by Gasteiger charge is 2.23. The molecule has 3 heterocycles. The van der Waals surface area contributed by atoms with E-state index in [0.29, 0.717) is 31.1 Å². The molecule has 1 fully saturated rings. The third-order valence-corrected chi connectivity index (χ3v) is 4.18. The van der Waals surface area contributed by atoms with Crippen molar-refractivity contribution >= 4 is 5.91 Å². The Morgan fingerprint density at radius 2 is 2.00 bits per heavy atom. The van der Waals surface area contributed by atoms with E-state index in [0.717, 1.165) is 24.6 Å². The summed E-state index contributed by atoms with van der Waals surface area (Å²) in [4.78, 5) is 25.2. The molecule has 24 heavy (non-hydrogen) atoms. The topological polar surface area (TPSA) is 75.4 Å². The zero-order chi connectivity index (χ0) is 17.1. The summed E-state index contributed by atoms with van der Waals surface area (Å²) in [6.07, 6.45) is 1.65. The Bertz CT molecular complexity index is 687. The number of aryl methyl sites for hydroxylation is 1. The number of rotatable bonds is 4. The Morgan fingerprint density at radius 1 is 1.25 bits per heavy atom. The zero-order valence-electron chi connectivity index (χ0n) is 14.4. The molecule has 2 aromatic rings. The minimum absolute atomic E-state index is 0.0436. The van der Waals surface area contributed by atoms with Crippen molar-refractivity contribution < 1.29 is 9.32 Å². The Morgan fingerprint density at radius 3 is 2.58 bits per heavy atom. The van der Waals surface area contributed by atoms with Gasteiger partial charge in [0.1, 0.15) is 0 Å². The van der Waals surface area contributed by atoms with Crippen LogP contribution in [0.15, 0.2) is 22.9 Å². The average molecular weight is 329 g/mol. The van der Waals surface area contributed by atoms with Gasteiger partial charge in [0.25, 0.3) is 5.91 Å². The molecule has 0 aliphatic carbocycles. The first-order valence-electron chi connectivity index (χ1n) is 8.29. The standard InChI is InChI=1S/C17H23N5O2/c1-12(2)16-19-15(24-20-16)11-21-6-8-22(9-7-21)17(23)14-5-4-13(3)18-10-14/h4-5,10,12H,6-9,11H2,1-3H3. The van der Waals surface area contributed by atoms with Gasteiger partial charge in [0, 0.05) is 44.0 Å². The van der Waals surface area contributed by atoms with Crippen molar-refractivity contribution in [2.24, 2.45) is 0 Å². The largest absolute Gasteiger partial charge is 0.338 e. The quantitative estimate of drug-likeness (QED) is 0.852. The third-order valence-electron chi connectivity index (χ3n) is 4.18. The molecule has 0 unspecified atom stereocenters. The van der Waals surface area contributed by atoms with Crippen LogP contribution < -0.4 is 0 Å². The fourth-order valence-corrected chi connectivity index (χ4v) is 2.64. The highest BCUT2D eigenvalue weighted by molar-refractivity contribution is 5.94. The van der Waals surface area contributed by atoms with Gasteiger partial charge in [-0.15, -0.1) is 0 Å². The summed E-state index contributed by atoms with van der Waals surface area (Å²) in [6, 6.07) is 3.70. The molecule has 0 saturated carbocycles. The minimum Gasteiger partial charge on any atom is -0.338 e. The van der Waals surface area contributed by atoms with Crippen LogP contribution in [0.2, 0.25) is 0 Å². The average Bonchev–Trinajstić information content (AvgIpc) is 3.04. The number of carbonyl (C=O) groups excluding carboxylic acids is 1. The molecular formula is C17H23N5O2. The van der Waals surface area contributed by atoms with Crippen molar-refractivity contribution in [2.45, 2.75) is 33.2 Å². The number of hydrogen-bond donors (Lipinski definition) is 0. The highest BCUT2D eigenvalue weighted by atomic mass is 16.5. The molecule has 0 atom stereocenters. The second-order valence-electron chi connectivity index (χ2n) is 6.46. The normalized spacial score (nSPS) is 15.9. The van der Waals surface area contributed by atoms with Crippen LogP contribution in [-0.2, 0) is 6.54 Å². The van der Waals surface area contributed by atoms with Crippen LogP contribution in [0.25, 0.3) is 0 Å². The Balaban J connectivity index is 1.53. The van der Waals surface area contributed by atoms with E-state index in [1.165, 1.54) is 0 Å². The number of amides is 1. The molecule has 0 spiro atoms. The van der Waals surface area contributed by atoms with Crippen LogP contribution >= 0.6 is 0 Å². The van der Waals surface area contributed by atoms with Crippen molar-refractivity contribution in [3.8, 4) is 0 Å². The summed E-state index contributed by atoms with van der Waals surface area (Å²) in [5.74, 6) is 1.69. The van der Waals surface area contributed by atoms with E-state index in [-0.39, 0.29) is 11.8 Å². The van der Waals surface area contributed by atoms with Crippen molar-refractivity contribution in [1.82, 2.24) is 24.9 Å². The molecule has 2 aromatic heterocycles. The minimum atomic E-state index is 0.0436. The molecule has 7 heteroatoms. The van der Waals surface area contributed by atoms with E-state index < -0.39 is 0 Å². The first-order chi connectivity index (χ1) is 11.5. The first kappa shape index (κ1) is 16.6. The number of nitrogens with zero attached hydrogens (tertiary/aromatic N) is 5. The maximum absolute atomic E-state index is 12.5. The molecule has 1 aliphatic rings. The van der Waals surface area contributed by atoms with Crippen molar-refractivity contribution in [3.63, 3.8) is 0 Å². The Hall–Kier alpha value is -2.28. The van der Waals surface area contributed by atoms with Crippen molar-refractivity contribution in [1.29, 1.82) is 0 Å². The smallest absolute Gasteiger partial charge is 0.255 e. The van der Waals surface area contributed by atoms with Crippen molar-refractivity contribution in [3.05, 3.63) is 41.3 Å². The summed E-state index contributed by atoms with van der Waals surface area (Å²) < 4.78 is 5.29. The predicted molar refractivity (Wildman–Crippen MR) is 88.5 cm³/mol. The summed E-state index contributed by atoms with van der Waals surface area (Å²) in [7, 11) is 0. The maximum Gasteiger partial charge on any atom is 0.255 e. The summed E-state index contributed by atoms with van der Waals surface area (Å²) in [5, 5.41) is 3.99. The van der Waals surface area contributed by atoms with Crippen LogP contribution in [0.4, 0.5) is 0 Å². The molecule has 0 aromatic carbocycles. The van der Waals surface area contributed by atoms with Gasteiger partial charge in [-0.25, -0.2) is 0 Å². The van der Waals surface area contributed by atoms with Crippen LogP contribution in [0.3, 0.4) is 0 Å². The van der Waals surface area contributed by atoms with Gasteiger partial charge in [-0.05, 0) is 19.1 Å². The number of carbonyl (C=O) groups is 1. The van der Waals surface area contributed by atoms with E-state index in [2.05, 4.69) is 20.0 Å². The third kappa shape index (κ3) is 3.79. The van der Waals surface area contributed by atoms with Gasteiger partial charge in [-0.2, -0.15) is 4.98 Å². The van der Waals surface area contributed by atoms with Gasteiger partial charge in [0.15, 0.2) is 5.82 Å². The number of aromatic nitrogens is 3.